The van der Waals surface area contributed by atoms with Crippen LogP contribution >= 0.6 is 11.6 Å². The van der Waals surface area contributed by atoms with Crippen molar-refractivity contribution in [1.29, 1.82) is 0 Å². The molecule has 3 aromatic rings. The zero-order valence-electron chi connectivity index (χ0n) is 12.3. The van der Waals surface area contributed by atoms with Gasteiger partial charge < -0.3 is 4.90 Å². The van der Waals surface area contributed by atoms with E-state index in [1.54, 1.807) is 0 Å². The Hall–Kier alpha value is -2.14. The summed E-state index contributed by atoms with van der Waals surface area (Å²) in [5, 5.41) is 9.39. The molecule has 1 fully saturated rings. The van der Waals surface area contributed by atoms with Crippen LogP contribution in [-0.4, -0.2) is 32.9 Å². The first kappa shape index (κ1) is 13.5. The summed E-state index contributed by atoms with van der Waals surface area (Å²) >= 11 is 5.96. The maximum atomic E-state index is 5.96. The molecule has 1 aliphatic rings. The van der Waals surface area contributed by atoms with E-state index < -0.39 is 0 Å². The van der Waals surface area contributed by atoms with Gasteiger partial charge in [-0.05, 0) is 31.9 Å². The number of aryl methyl sites for hydroxylation is 1. The standard InChI is InChI=1S/C16H16ClN5/c1-11-10-14(21-8-2-3-9-21)22-16(18-11)15(19-20-22)12-4-6-13(17)7-5-12/h4-7,10H,2-3,8-9H2,1H3. The number of hydrogen-bond acceptors (Lipinski definition) is 4. The van der Waals surface area contributed by atoms with Crippen molar-refractivity contribution in [1.82, 2.24) is 19.8 Å². The summed E-state index contributed by atoms with van der Waals surface area (Å²) in [4.78, 5) is 6.99. The zero-order chi connectivity index (χ0) is 15.1. The minimum atomic E-state index is 0.710. The summed E-state index contributed by atoms with van der Waals surface area (Å²) in [7, 11) is 0. The molecule has 0 radical (unpaired) electrons. The smallest absolute Gasteiger partial charge is 0.186 e. The Balaban J connectivity index is 1.89. The molecule has 1 aliphatic heterocycles. The fourth-order valence-electron chi connectivity index (χ4n) is 2.94. The maximum Gasteiger partial charge on any atom is 0.186 e. The maximum absolute atomic E-state index is 5.96. The summed E-state index contributed by atoms with van der Waals surface area (Å²) in [6.45, 7) is 4.14. The fourth-order valence-corrected chi connectivity index (χ4v) is 3.07. The van der Waals surface area contributed by atoms with Gasteiger partial charge in [0.1, 0.15) is 11.5 Å². The van der Waals surface area contributed by atoms with Gasteiger partial charge in [0.05, 0.1) is 0 Å². The summed E-state index contributed by atoms with van der Waals surface area (Å²) in [5.41, 5.74) is 3.54. The Kier molecular flexibility index (Phi) is 3.22. The first-order valence-electron chi connectivity index (χ1n) is 7.46. The Labute approximate surface area is 133 Å². The Morgan fingerprint density at radius 1 is 1.09 bits per heavy atom. The van der Waals surface area contributed by atoms with Gasteiger partial charge in [-0.1, -0.05) is 28.9 Å². The Bertz CT molecular complexity index is 818. The van der Waals surface area contributed by atoms with E-state index in [9.17, 15) is 0 Å². The number of halogens is 1. The number of rotatable bonds is 2. The van der Waals surface area contributed by atoms with Crippen LogP contribution in [0.1, 0.15) is 18.5 Å². The van der Waals surface area contributed by atoms with Crippen molar-refractivity contribution in [2.24, 2.45) is 0 Å². The van der Waals surface area contributed by atoms with Crippen molar-refractivity contribution in [3.05, 3.63) is 41.0 Å². The highest BCUT2D eigenvalue weighted by atomic mass is 35.5. The number of nitrogens with zero attached hydrogens (tertiary/aromatic N) is 5. The van der Waals surface area contributed by atoms with Gasteiger partial charge in [0.15, 0.2) is 5.65 Å². The van der Waals surface area contributed by atoms with Crippen LogP contribution < -0.4 is 4.90 Å². The molecule has 6 heteroatoms. The summed E-state index contributed by atoms with van der Waals surface area (Å²) in [6, 6.07) is 9.70. The van der Waals surface area contributed by atoms with Gasteiger partial charge in [-0.3, -0.25) is 0 Å². The van der Waals surface area contributed by atoms with Crippen LogP contribution in [0.2, 0.25) is 5.02 Å². The topological polar surface area (TPSA) is 46.3 Å². The molecule has 2 aromatic heterocycles. The van der Waals surface area contributed by atoms with Gasteiger partial charge in [-0.2, -0.15) is 4.52 Å². The highest BCUT2D eigenvalue weighted by molar-refractivity contribution is 6.30. The molecule has 0 unspecified atom stereocenters. The average molecular weight is 314 g/mol. The van der Waals surface area contributed by atoms with Crippen LogP contribution in [-0.2, 0) is 0 Å². The van der Waals surface area contributed by atoms with E-state index in [1.807, 2.05) is 35.7 Å². The number of hydrogen-bond donors (Lipinski definition) is 0. The molecule has 0 bridgehead atoms. The lowest BCUT2D eigenvalue weighted by molar-refractivity contribution is 0.801. The molecule has 0 saturated carbocycles. The van der Waals surface area contributed by atoms with Crippen LogP contribution in [0.25, 0.3) is 16.9 Å². The van der Waals surface area contributed by atoms with Crippen molar-refractivity contribution in [3.8, 4) is 11.3 Å². The molecule has 0 aliphatic carbocycles. The lowest BCUT2D eigenvalue weighted by atomic mass is 10.1. The molecule has 5 nitrogen and oxygen atoms in total. The Morgan fingerprint density at radius 2 is 1.82 bits per heavy atom. The minimum absolute atomic E-state index is 0.710. The van der Waals surface area contributed by atoms with Crippen molar-refractivity contribution >= 4 is 23.1 Å². The number of fused-ring (bicyclic) bond motifs is 1. The third-order valence-electron chi connectivity index (χ3n) is 4.03. The molecule has 0 atom stereocenters. The van der Waals surface area contributed by atoms with E-state index >= 15 is 0 Å². The van der Waals surface area contributed by atoms with Crippen LogP contribution in [0.5, 0.6) is 0 Å². The monoisotopic (exact) mass is 313 g/mol. The first-order chi connectivity index (χ1) is 10.7. The number of aromatic nitrogens is 4. The zero-order valence-corrected chi connectivity index (χ0v) is 13.1. The molecule has 1 saturated heterocycles. The van der Waals surface area contributed by atoms with E-state index in [0.717, 1.165) is 41.5 Å². The normalized spacial score (nSPS) is 14.9. The number of anilines is 1. The van der Waals surface area contributed by atoms with E-state index in [2.05, 4.69) is 26.3 Å². The third kappa shape index (κ3) is 2.22. The van der Waals surface area contributed by atoms with Crippen LogP contribution in [0.3, 0.4) is 0 Å². The predicted molar refractivity (Wildman–Crippen MR) is 87.4 cm³/mol. The van der Waals surface area contributed by atoms with Crippen molar-refractivity contribution in [2.75, 3.05) is 18.0 Å². The molecular formula is C16H16ClN5. The van der Waals surface area contributed by atoms with Gasteiger partial charge in [0.25, 0.3) is 0 Å². The first-order valence-corrected chi connectivity index (χ1v) is 7.84. The van der Waals surface area contributed by atoms with Gasteiger partial charge in [0.2, 0.25) is 0 Å². The van der Waals surface area contributed by atoms with Crippen molar-refractivity contribution in [2.45, 2.75) is 19.8 Å². The van der Waals surface area contributed by atoms with Gasteiger partial charge in [-0.15, -0.1) is 5.10 Å². The van der Waals surface area contributed by atoms with E-state index in [4.69, 9.17) is 11.6 Å². The van der Waals surface area contributed by atoms with Gasteiger partial charge in [-0.25, -0.2) is 4.98 Å². The lowest BCUT2D eigenvalue weighted by Crippen LogP contribution is -2.21. The molecule has 22 heavy (non-hydrogen) atoms. The van der Waals surface area contributed by atoms with Gasteiger partial charge >= 0.3 is 0 Å². The summed E-state index contributed by atoms with van der Waals surface area (Å²) in [6.07, 6.45) is 2.45. The van der Waals surface area contributed by atoms with Crippen molar-refractivity contribution < 1.29 is 0 Å². The minimum Gasteiger partial charge on any atom is -0.356 e. The van der Waals surface area contributed by atoms with Gasteiger partial charge in [0, 0.05) is 35.4 Å². The molecule has 4 rings (SSSR count). The van der Waals surface area contributed by atoms with Crippen LogP contribution in [0, 0.1) is 6.92 Å². The predicted octanol–water partition coefficient (Wildman–Crippen LogP) is 3.35. The quantitative estimate of drug-likeness (QED) is 0.728. The molecule has 0 spiro atoms. The average Bonchev–Trinajstić information content (AvgIpc) is 3.16. The molecular weight excluding hydrogens is 298 g/mol. The van der Waals surface area contributed by atoms with Crippen molar-refractivity contribution in [3.63, 3.8) is 0 Å². The van der Waals surface area contributed by atoms with E-state index in [-0.39, 0.29) is 0 Å². The molecule has 0 amide bonds. The fraction of sp³-hybridized carbons (Fsp3) is 0.312. The van der Waals surface area contributed by atoms with E-state index in [0.29, 0.717) is 5.02 Å². The second-order valence-corrected chi connectivity index (χ2v) is 6.07. The highest BCUT2D eigenvalue weighted by Crippen LogP contribution is 2.27. The molecule has 112 valence electrons. The molecule has 1 aromatic carbocycles. The second-order valence-electron chi connectivity index (χ2n) is 5.63. The second kappa shape index (κ2) is 5.25. The lowest BCUT2D eigenvalue weighted by Gasteiger charge is -2.18. The van der Waals surface area contributed by atoms with Crippen LogP contribution in [0.4, 0.5) is 5.82 Å². The third-order valence-corrected chi connectivity index (χ3v) is 4.28. The number of benzene rings is 1. The SMILES string of the molecule is Cc1cc(N2CCCC2)n2nnc(-c3ccc(Cl)cc3)c2n1. The largest absolute Gasteiger partial charge is 0.356 e. The molecule has 0 N–H and O–H groups in total. The summed E-state index contributed by atoms with van der Waals surface area (Å²) in [5.74, 6) is 1.08. The molecule has 3 heterocycles. The summed E-state index contributed by atoms with van der Waals surface area (Å²) < 4.78 is 1.85. The van der Waals surface area contributed by atoms with Crippen LogP contribution in [0.15, 0.2) is 30.3 Å². The van der Waals surface area contributed by atoms with E-state index in [1.165, 1.54) is 12.8 Å². The highest BCUT2D eigenvalue weighted by Gasteiger charge is 2.19. The Morgan fingerprint density at radius 3 is 2.55 bits per heavy atom.